The van der Waals surface area contributed by atoms with Gasteiger partial charge in [0, 0.05) is 41.1 Å². The monoisotopic (exact) mass is 660 g/mol. The Morgan fingerprint density at radius 3 is 1.15 bits per heavy atom. The molecule has 9 heteroatoms. The maximum Gasteiger partial charge on any atom is 0.146 e. The Hall–Kier alpha value is -2.01. The Morgan fingerprint density at radius 1 is 0.366 bits per heavy atom. The molecule has 6 aromatic heterocycles. The van der Waals surface area contributed by atoms with Gasteiger partial charge < -0.3 is 0 Å². The highest BCUT2D eigenvalue weighted by molar-refractivity contribution is 7.30. The highest BCUT2D eigenvalue weighted by Crippen LogP contribution is 2.52. The molecule has 6 aromatic rings. The van der Waals surface area contributed by atoms with Gasteiger partial charge in [0.2, 0.25) is 0 Å². The minimum Gasteiger partial charge on any atom is -0.205 e. The lowest BCUT2D eigenvalue weighted by Gasteiger charge is -1.96. The largest absolute Gasteiger partial charge is 0.205 e. The molecule has 0 aliphatic carbocycles. The Balaban J connectivity index is 1.40. The molecule has 0 amide bonds. The third-order valence-electron chi connectivity index (χ3n) is 7.47. The van der Waals surface area contributed by atoms with E-state index in [9.17, 15) is 4.39 Å². The van der Waals surface area contributed by atoms with E-state index in [1.54, 1.807) is 25.2 Å². The molecule has 6 heterocycles. The van der Waals surface area contributed by atoms with Gasteiger partial charge in [-0.25, -0.2) is 13.2 Å². The van der Waals surface area contributed by atoms with Crippen LogP contribution in [0.3, 0.4) is 0 Å². The van der Waals surface area contributed by atoms with Crippen LogP contribution in [0.15, 0.2) is 18.2 Å². The molecule has 0 aliphatic heterocycles. The van der Waals surface area contributed by atoms with E-state index in [0.717, 1.165) is 50.1 Å². The van der Waals surface area contributed by atoms with Crippen LogP contribution in [0.5, 0.6) is 0 Å². The molecule has 0 spiro atoms. The molecule has 0 nitrogen and oxygen atoms in total. The second kappa shape index (κ2) is 10.6. The maximum atomic E-state index is 15.8. The first kappa shape index (κ1) is 29.1. The molecule has 41 heavy (non-hydrogen) atoms. The van der Waals surface area contributed by atoms with Gasteiger partial charge in [-0.1, -0.05) is 0 Å². The van der Waals surface area contributed by atoms with Crippen molar-refractivity contribution in [1.29, 1.82) is 0 Å². The molecule has 0 bridgehead atoms. The quantitative estimate of drug-likeness (QED) is 0.173. The third kappa shape index (κ3) is 4.73. The maximum absolute atomic E-state index is 15.8. The Kier molecular flexibility index (Phi) is 7.53. The number of thiophene rings is 6. The molecular formula is C32H27F3S6. The van der Waals surface area contributed by atoms with Crippen LogP contribution in [0.4, 0.5) is 13.2 Å². The van der Waals surface area contributed by atoms with Crippen molar-refractivity contribution in [3.05, 3.63) is 78.8 Å². The highest BCUT2D eigenvalue weighted by Gasteiger charge is 2.26. The molecule has 0 aromatic carbocycles. The lowest BCUT2D eigenvalue weighted by atomic mass is 10.1. The lowest BCUT2D eigenvalue weighted by Crippen LogP contribution is -1.79. The van der Waals surface area contributed by atoms with Crippen molar-refractivity contribution in [1.82, 2.24) is 0 Å². The Morgan fingerprint density at radius 2 is 0.756 bits per heavy atom. The first-order valence-electron chi connectivity index (χ1n) is 13.0. The average molecular weight is 661 g/mol. The van der Waals surface area contributed by atoms with Gasteiger partial charge in [0.25, 0.3) is 0 Å². The average Bonchev–Trinajstić information content (AvgIpc) is 3.75. The van der Waals surface area contributed by atoms with Gasteiger partial charge in [-0.3, -0.25) is 0 Å². The molecular weight excluding hydrogens is 634 g/mol. The van der Waals surface area contributed by atoms with E-state index >= 15 is 8.78 Å². The zero-order valence-corrected chi connectivity index (χ0v) is 28.7. The fourth-order valence-corrected chi connectivity index (χ4v) is 12.6. The Bertz CT molecular complexity index is 1950. The zero-order chi connectivity index (χ0) is 29.5. The molecule has 0 saturated heterocycles. The van der Waals surface area contributed by atoms with Gasteiger partial charge >= 0.3 is 0 Å². The predicted octanol–water partition coefficient (Wildman–Crippen LogP) is 13.3. The predicted molar refractivity (Wildman–Crippen MR) is 179 cm³/mol. The SMILES string of the molecule is Cc1cc(-c2sc(-c3sc(-c4sc(-c5sc(-c6sc(C)c(F)c6C)cc5C)c(F)c4C)cc3C)c(F)c2C)sc1C. The number of rotatable bonds is 5. The molecule has 0 saturated carbocycles. The van der Waals surface area contributed by atoms with E-state index in [-0.39, 0.29) is 17.5 Å². The first-order valence-corrected chi connectivity index (χ1v) is 17.9. The van der Waals surface area contributed by atoms with E-state index in [1.807, 2.05) is 33.8 Å². The van der Waals surface area contributed by atoms with Crippen molar-refractivity contribution in [2.45, 2.75) is 55.4 Å². The van der Waals surface area contributed by atoms with Crippen LogP contribution in [0, 0.1) is 72.8 Å². The van der Waals surface area contributed by atoms with Crippen LogP contribution in [0.25, 0.3) is 48.8 Å². The van der Waals surface area contributed by atoms with E-state index in [1.165, 1.54) is 67.1 Å². The molecule has 212 valence electrons. The first-order chi connectivity index (χ1) is 19.4. The normalized spacial score (nSPS) is 11.8. The minimum atomic E-state index is -0.219. The van der Waals surface area contributed by atoms with E-state index in [2.05, 4.69) is 26.0 Å². The summed E-state index contributed by atoms with van der Waals surface area (Å²) in [5, 5.41) is 0. The highest BCUT2D eigenvalue weighted by atomic mass is 32.1. The van der Waals surface area contributed by atoms with Gasteiger partial charge in [-0.2, -0.15) is 0 Å². The smallest absolute Gasteiger partial charge is 0.146 e. The van der Waals surface area contributed by atoms with Crippen molar-refractivity contribution in [2.75, 3.05) is 0 Å². The van der Waals surface area contributed by atoms with Crippen molar-refractivity contribution in [3.8, 4) is 48.8 Å². The summed E-state index contributed by atoms with van der Waals surface area (Å²) in [6, 6.07) is 6.24. The van der Waals surface area contributed by atoms with E-state index < -0.39 is 0 Å². The molecule has 0 unspecified atom stereocenters. The summed E-state index contributed by atoms with van der Waals surface area (Å²) in [5.41, 5.74) is 5.13. The second-order valence-electron chi connectivity index (χ2n) is 10.4. The third-order valence-corrected chi connectivity index (χ3v) is 15.7. The molecule has 0 atom stereocenters. The van der Waals surface area contributed by atoms with Crippen LogP contribution >= 0.6 is 68.0 Å². The van der Waals surface area contributed by atoms with E-state index in [0.29, 0.717) is 31.3 Å². The van der Waals surface area contributed by atoms with Crippen molar-refractivity contribution >= 4 is 68.0 Å². The van der Waals surface area contributed by atoms with Crippen molar-refractivity contribution in [3.63, 3.8) is 0 Å². The summed E-state index contributed by atoms with van der Waals surface area (Å²) in [6.07, 6.45) is 0. The lowest BCUT2D eigenvalue weighted by molar-refractivity contribution is 0.617. The summed E-state index contributed by atoms with van der Waals surface area (Å²) in [6.45, 7) is 15.4. The van der Waals surface area contributed by atoms with E-state index in [4.69, 9.17) is 0 Å². The number of hydrogen-bond acceptors (Lipinski definition) is 6. The van der Waals surface area contributed by atoms with Gasteiger partial charge in [-0.15, -0.1) is 68.0 Å². The molecule has 0 fully saturated rings. The van der Waals surface area contributed by atoms with Crippen molar-refractivity contribution < 1.29 is 13.2 Å². The van der Waals surface area contributed by atoms with Crippen molar-refractivity contribution in [2.24, 2.45) is 0 Å². The topological polar surface area (TPSA) is 0 Å². The number of aryl methyl sites for hydroxylation is 5. The summed E-state index contributed by atoms with van der Waals surface area (Å²) < 4.78 is 45.9. The van der Waals surface area contributed by atoms with Gasteiger partial charge in [0.1, 0.15) is 17.5 Å². The van der Waals surface area contributed by atoms with Gasteiger partial charge in [0.05, 0.1) is 34.1 Å². The standard InChI is InChI=1S/C32H27F3S6/c1-12-9-20(36-18(12)7)29-16(5)24(34)31(40-29)27-14(3)11-22(39-27)30-17(6)25(35)32(41-30)26-13(2)10-21(38-26)28-15(4)23(33)19(8)37-28/h9-11H,1-8H3. The molecule has 6 rings (SSSR count). The zero-order valence-electron chi connectivity index (χ0n) is 23.8. The number of hydrogen-bond donors (Lipinski definition) is 0. The molecule has 0 aliphatic rings. The van der Waals surface area contributed by atoms with Crippen LogP contribution in [0.1, 0.15) is 43.1 Å². The van der Waals surface area contributed by atoms with Gasteiger partial charge in [-0.05, 0) is 90.3 Å². The fraction of sp³-hybridized carbons (Fsp3) is 0.250. The fourth-order valence-electron chi connectivity index (χ4n) is 4.95. The summed E-state index contributed by atoms with van der Waals surface area (Å²) in [4.78, 5) is 10.7. The van der Waals surface area contributed by atoms with Crippen LogP contribution in [-0.4, -0.2) is 0 Å². The second-order valence-corrected chi connectivity index (χ2v) is 17.0. The van der Waals surface area contributed by atoms with Crippen LogP contribution in [0.2, 0.25) is 0 Å². The molecule has 0 N–H and O–H groups in total. The summed E-state index contributed by atoms with van der Waals surface area (Å²) in [7, 11) is 0. The number of halogens is 3. The summed E-state index contributed by atoms with van der Waals surface area (Å²) in [5.74, 6) is -0.549. The molecule has 0 radical (unpaired) electrons. The Labute approximate surface area is 262 Å². The van der Waals surface area contributed by atoms with Crippen LogP contribution < -0.4 is 0 Å². The minimum absolute atomic E-state index is 0.160. The summed E-state index contributed by atoms with van der Waals surface area (Å²) >= 11 is 9.14. The van der Waals surface area contributed by atoms with Gasteiger partial charge in [0.15, 0.2) is 0 Å². The van der Waals surface area contributed by atoms with Crippen LogP contribution in [-0.2, 0) is 0 Å².